The molecule has 2 aliphatic heterocycles. The van der Waals surface area contributed by atoms with Gasteiger partial charge >= 0.3 is 0 Å². The fraction of sp³-hybridized carbons (Fsp3) is 0.333. The summed E-state index contributed by atoms with van der Waals surface area (Å²) in [6.45, 7) is 1.32. The molecule has 1 atom stereocenters. The van der Waals surface area contributed by atoms with Crippen LogP contribution in [0, 0.1) is 0 Å². The van der Waals surface area contributed by atoms with Crippen LogP contribution in [0.3, 0.4) is 0 Å². The smallest absolute Gasteiger partial charge is 0.255 e. The van der Waals surface area contributed by atoms with E-state index in [-0.39, 0.29) is 24.0 Å². The largest absolute Gasteiger partial charge is 0.337 e. The van der Waals surface area contributed by atoms with Crippen molar-refractivity contribution in [2.45, 2.75) is 25.4 Å². The third kappa shape index (κ3) is 4.71. The first kappa shape index (κ1) is 21.3. The average Bonchev–Trinajstić information content (AvgIpc) is 3.10. The van der Waals surface area contributed by atoms with Crippen molar-refractivity contribution in [2.24, 2.45) is 0 Å². The Morgan fingerprint density at radius 3 is 2.42 bits per heavy atom. The van der Waals surface area contributed by atoms with Gasteiger partial charge in [-0.05, 0) is 35.6 Å². The molecule has 6 nitrogen and oxygen atoms in total. The zero-order chi connectivity index (χ0) is 22.0. The average molecular weight is 439 g/mol. The van der Waals surface area contributed by atoms with Gasteiger partial charge in [0.2, 0.25) is 5.91 Å². The van der Waals surface area contributed by atoms with Gasteiger partial charge in [-0.25, -0.2) is 8.42 Å². The number of hydrogen-bond donors (Lipinski definition) is 0. The van der Waals surface area contributed by atoms with Crippen LogP contribution < -0.4 is 0 Å². The Balaban J connectivity index is 1.54. The molecule has 0 fully saturated rings. The lowest BCUT2D eigenvalue weighted by molar-refractivity contribution is -0.135. The van der Waals surface area contributed by atoms with Crippen LogP contribution in [0.25, 0.3) is 5.57 Å². The molecule has 2 aliphatic rings. The van der Waals surface area contributed by atoms with E-state index in [9.17, 15) is 18.0 Å². The van der Waals surface area contributed by atoms with E-state index in [1.54, 1.807) is 17.0 Å². The van der Waals surface area contributed by atoms with E-state index in [0.717, 1.165) is 23.8 Å². The maximum absolute atomic E-state index is 13.4. The maximum Gasteiger partial charge on any atom is 0.255 e. The molecule has 0 aromatic heterocycles. The second-order valence-corrected chi connectivity index (χ2v) is 10.4. The van der Waals surface area contributed by atoms with Crippen molar-refractivity contribution in [1.29, 1.82) is 0 Å². The highest BCUT2D eigenvalue weighted by Gasteiger charge is 2.38. The Morgan fingerprint density at radius 2 is 1.77 bits per heavy atom. The van der Waals surface area contributed by atoms with Crippen LogP contribution in [-0.4, -0.2) is 61.2 Å². The van der Waals surface area contributed by atoms with Gasteiger partial charge in [-0.15, -0.1) is 0 Å². The lowest BCUT2D eigenvalue weighted by Crippen LogP contribution is -2.50. The van der Waals surface area contributed by atoms with E-state index in [2.05, 4.69) is 12.1 Å². The molecule has 162 valence electrons. The summed E-state index contributed by atoms with van der Waals surface area (Å²) in [5, 5.41) is 0. The van der Waals surface area contributed by atoms with Crippen LogP contribution in [0.4, 0.5) is 0 Å². The molecule has 7 heteroatoms. The Bertz CT molecular complexity index is 1130. The molecule has 0 saturated heterocycles. The molecular weight excluding hydrogens is 412 g/mol. The number of fused-ring (bicyclic) bond motifs is 1. The number of nitrogens with zero attached hydrogens (tertiary/aromatic N) is 2. The summed E-state index contributed by atoms with van der Waals surface area (Å²) in [6.07, 6.45) is 4.03. The number of carbonyl (C=O) groups is 2. The van der Waals surface area contributed by atoms with E-state index < -0.39 is 15.9 Å². The van der Waals surface area contributed by atoms with Crippen molar-refractivity contribution in [1.82, 2.24) is 9.80 Å². The minimum Gasteiger partial charge on any atom is -0.337 e. The SMILES string of the molecule is CS(=O)(=O)CC[C@@H](C(=O)N1CC=C(c2ccccc2)CC1)N1Cc2ccccc2C1=O. The van der Waals surface area contributed by atoms with Crippen molar-refractivity contribution in [3.63, 3.8) is 0 Å². The quantitative estimate of drug-likeness (QED) is 0.695. The lowest BCUT2D eigenvalue weighted by Gasteiger charge is -2.34. The summed E-state index contributed by atoms with van der Waals surface area (Å²) in [5.41, 5.74) is 3.80. The van der Waals surface area contributed by atoms with Crippen LogP contribution in [0.2, 0.25) is 0 Å². The number of sulfone groups is 1. The highest BCUT2D eigenvalue weighted by atomic mass is 32.2. The molecule has 2 aromatic rings. The van der Waals surface area contributed by atoms with Gasteiger partial charge in [0.15, 0.2) is 0 Å². The van der Waals surface area contributed by atoms with Gasteiger partial charge < -0.3 is 9.80 Å². The molecule has 0 aliphatic carbocycles. The Kier molecular flexibility index (Phi) is 5.96. The molecule has 2 aromatic carbocycles. The minimum atomic E-state index is -3.26. The third-order valence-electron chi connectivity index (χ3n) is 5.94. The monoisotopic (exact) mass is 438 g/mol. The summed E-state index contributed by atoms with van der Waals surface area (Å²) in [6, 6.07) is 16.6. The van der Waals surface area contributed by atoms with E-state index in [1.165, 1.54) is 10.5 Å². The van der Waals surface area contributed by atoms with Gasteiger partial charge in [0.1, 0.15) is 15.9 Å². The van der Waals surface area contributed by atoms with Crippen LogP contribution in [0.5, 0.6) is 0 Å². The van der Waals surface area contributed by atoms with Crippen molar-refractivity contribution >= 4 is 27.2 Å². The van der Waals surface area contributed by atoms with Gasteiger partial charge in [-0.2, -0.15) is 0 Å². The van der Waals surface area contributed by atoms with E-state index >= 15 is 0 Å². The fourth-order valence-electron chi connectivity index (χ4n) is 4.26. The highest BCUT2D eigenvalue weighted by Crippen LogP contribution is 2.28. The van der Waals surface area contributed by atoms with Gasteiger partial charge in [0.25, 0.3) is 5.91 Å². The van der Waals surface area contributed by atoms with Gasteiger partial charge in [0.05, 0.1) is 5.75 Å². The molecular formula is C24H26N2O4S. The molecule has 0 bridgehead atoms. The summed E-state index contributed by atoms with van der Waals surface area (Å²) in [4.78, 5) is 29.7. The van der Waals surface area contributed by atoms with E-state index in [0.29, 0.717) is 25.2 Å². The highest BCUT2D eigenvalue weighted by molar-refractivity contribution is 7.90. The topological polar surface area (TPSA) is 74.8 Å². The van der Waals surface area contributed by atoms with Gasteiger partial charge in [-0.3, -0.25) is 9.59 Å². The zero-order valence-electron chi connectivity index (χ0n) is 17.5. The molecule has 0 spiro atoms. The summed E-state index contributed by atoms with van der Waals surface area (Å²) < 4.78 is 23.6. The number of carbonyl (C=O) groups excluding carboxylic acids is 2. The molecule has 2 amide bonds. The fourth-order valence-corrected chi connectivity index (χ4v) is 4.91. The van der Waals surface area contributed by atoms with Crippen LogP contribution in [0.15, 0.2) is 60.7 Å². The van der Waals surface area contributed by atoms with Crippen LogP contribution >= 0.6 is 0 Å². The first-order valence-electron chi connectivity index (χ1n) is 10.4. The van der Waals surface area contributed by atoms with Gasteiger partial charge in [0, 0.05) is 31.5 Å². The number of benzene rings is 2. The molecule has 4 rings (SSSR count). The second kappa shape index (κ2) is 8.67. The Morgan fingerprint density at radius 1 is 1.06 bits per heavy atom. The van der Waals surface area contributed by atoms with Gasteiger partial charge in [-0.1, -0.05) is 54.6 Å². The van der Waals surface area contributed by atoms with Crippen molar-refractivity contribution < 1.29 is 18.0 Å². The summed E-state index contributed by atoms with van der Waals surface area (Å²) in [5.74, 6) is -0.532. The third-order valence-corrected chi connectivity index (χ3v) is 6.92. The summed E-state index contributed by atoms with van der Waals surface area (Å²) in [7, 11) is -3.26. The maximum atomic E-state index is 13.4. The normalized spacial score (nSPS) is 17.3. The number of rotatable bonds is 6. The molecule has 0 unspecified atom stereocenters. The van der Waals surface area contributed by atoms with Crippen molar-refractivity contribution in [3.8, 4) is 0 Å². The summed E-state index contributed by atoms with van der Waals surface area (Å²) >= 11 is 0. The van der Waals surface area contributed by atoms with E-state index in [4.69, 9.17) is 0 Å². The molecule has 0 radical (unpaired) electrons. The van der Waals surface area contributed by atoms with Crippen LogP contribution in [-0.2, 0) is 21.2 Å². The van der Waals surface area contributed by atoms with Crippen LogP contribution in [0.1, 0.15) is 34.3 Å². The first-order valence-corrected chi connectivity index (χ1v) is 12.5. The Labute approximate surface area is 183 Å². The predicted molar refractivity (Wildman–Crippen MR) is 120 cm³/mol. The number of amides is 2. The number of hydrogen-bond acceptors (Lipinski definition) is 4. The molecule has 31 heavy (non-hydrogen) atoms. The standard InChI is InChI=1S/C24H26N2O4S/c1-31(29,30)16-13-22(26-17-20-9-5-6-10-21(20)23(26)27)24(28)25-14-11-19(12-15-25)18-7-3-2-4-8-18/h2-11,22H,12-17H2,1H3/t22-/m0/s1. The first-order chi connectivity index (χ1) is 14.8. The minimum absolute atomic E-state index is 0.100. The van der Waals surface area contributed by atoms with Crippen molar-refractivity contribution in [2.75, 3.05) is 25.1 Å². The molecule has 0 N–H and O–H groups in total. The molecule has 2 heterocycles. The predicted octanol–water partition coefficient (Wildman–Crippen LogP) is 2.76. The zero-order valence-corrected chi connectivity index (χ0v) is 18.3. The second-order valence-electron chi connectivity index (χ2n) is 8.15. The lowest BCUT2D eigenvalue weighted by atomic mass is 9.99. The molecule has 0 saturated carbocycles. The van der Waals surface area contributed by atoms with Crippen molar-refractivity contribution in [3.05, 3.63) is 77.4 Å². The Hall–Kier alpha value is -2.93. The van der Waals surface area contributed by atoms with E-state index in [1.807, 2.05) is 36.4 Å².